The van der Waals surface area contributed by atoms with E-state index in [1.54, 1.807) is 0 Å². The molecule has 4 heterocycles. The first-order valence-electron chi connectivity index (χ1n) is 11.8. The molecule has 0 aliphatic carbocycles. The largest absolute Gasteiger partial charge is 0.365 e. The molecule has 0 spiro atoms. The number of fused-ring (bicyclic) bond motifs is 1. The maximum absolute atomic E-state index is 4.79. The summed E-state index contributed by atoms with van der Waals surface area (Å²) in [6, 6.07) is 8.72. The van der Waals surface area contributed by atoms with E-state index in [-0.39, 0.29) is 6.04 Å². The fourth-order valence-corrected chi connectivity index (χ4v) is 4.73. The molecule has 1 aliphatic rings. The van der Waals surface area contributed by atoms with E-state index >= 15 is 0 Å². The summed E-state index contributed by atoms with van der Waals surface area (Å²) in [6.45, 7) is 12.2. The average Bonchev–Trinajstić information content (AvgIpc) is 3.28. The lowest BCUT2D eigenvalue weighted by atomic mass is 9.98. The summed E-state index contributed by atoms with van der Waals surface area (Å²) in [5.41, 5.74) is 5.94. The Kier molecular flexibility index (Phi) is 5.81. The second-order valence-electron chi connectivity index (χ2n) is 9.22. The Morgan fingerprint density at radius 3 is 2.44 bits per heavy atom. The van der Waals surface area contributed by atoms with Crippen LogP contribution in [0, 0.1) is 20.8 Å². The van der Waals surface area contributed by atoms with Gasteiger partial charge in [0.2, 0.25) is 0 Å². The molecule has 5 rings (SSSR count). The smallest absolute Gasteiger partial charge is 0.157 e. The molecule has 1 atom stereocenters. The quantitative estimate of drug-likeness (QED) is 0.483. The first kappa shape index (κ1) is 22.1. The highest BCUT2D eigenvalue weighted by molar-refractivity contribution is 5.94. The molecule has 8 heteroatoms. The number of aromatic nitrogens is 5. The Labute approximate surface area is 200 Å². The van der Waals surface area contributed by atoms with Gasteiger partial charge >= 0.3 is 0 Å². The fourth-order valence-electron chi connectivity index (χ4n) is 4.73. The van der Waals surface area contributed by atoms with Crippen molar-refractivity contribution in [3.05, 3.63) is 65.2 Å². The van der Waals surface area contributed by atoms with Gasteiger partial charge in [-0.15, -0.1) is 5.10 Å². The van der Waals surface area contributed by atoms with Gasteiger partial charge in [0.1, 0.15) is 5.82 Å². The van der Waals surface area contributed by atoms with Crippen molar-refractivity contribution in [1.82, 2.24) is 25.0 Å². The number of rotatable bonds is 5. The van der Waals surface area contributed by atoms with E-state index in [0.717, 1.165) is 54.3 Å². The lowest BCUT2D eigenvalue weighted by Gasteiger charge is -2.36. The van der Waals surface area contributed by atoms with E-state index in [4.69, 9.17) is 4.98 Å². The number of benzene rings is 1. The molecule has 1 aliphatic heterocycles. The van der Waals surface area contributed by atoms with Gasteiger partial charge in [-0.1, -0.05) is 18.2 Å². The number of pyridine rings is 1. The van der Waals surface area contributed by atoms with E-state index in [9.17, 15) is 0 Å². The molecule has 0 radical (unpaired) electrons. The van der Waals surface area contributed by atoms with Crippen LogP contribution in [0.2, 0.25) is 0 Å². The zero-order valence-electron chi connectivity index (χ0n) is 20.6. The minimum absolute atomic E-state index is 0.111. The summed E-state index contributed by atoms with van der Waals surface area (Å²) in [6.07, 6.45) is 5.94. The van der Waals surface area contributed by atoms with Gasteiger partial charge < -0.3 is 15.1 Å². The molecule has 0 saturated carbocycles. The highest BCUT2D eigenvalue weighted by Gasteiger charge is 2.21. The lowest BCUT2D eigenvalue weighted by Crippen LogP contribution is -2.46. The molecule has 0 amide bonds. The number of nitrogens with zero attached hydrogens (tertiary/aromatic N) is 7. The highest BCUT2D eigenvalue weighted by atomic mass is 15.3. The first-order valence-corrected chi connectivity index (χ1v) is 11.8. The second kappa shape index (κ2) is 8.93. The lowest BCUT2D eigenvalue weighted by molar-refractivity contribution is 0.647. The molecule has 176 valence electrons. The number of anilines is 3. The molecule has 4 aromatic rings. The number of nitrogens with one attached hydrogen (secondary N) is 1. The molecule has 3 aromatic heterocycles. The third-order valence-electron chi connectivity index (χ3n) is 6.96. The van der Waals surface area contributed by atoms with Crippen molar-refractivity contribution < 1.29 is 0 Å². The Morgan fingerprint density at radius 1 is 0.941 bits per heavy atom. The van der Waals surface area contributed by atoms with Crippen LogP contribution in [0.15, 0.2) is 42.9 Å². The Balaban J connectivity index is 1.40. The van der Waals surface area contributed by atoms with Gasteiger partial charge in [0.25, 0.3) is 0 Å². The summed E-state index contributed by atoms with van der Waals surface area (Å²) in [5.74, 6) is 1.78. The molecular formula is C26H32N8. The van der Waals surface area contributed by atoms with E-state index < -0.39 is 0 Å². The minimum Gasteiger partial charge on any atom is -0.365 e. The predicted octanol–water partition coefficient (Wildman–Crippen LogP) is 4.18. The van der Waals surface area contributed by atoms with Crippen LogP contribution in [0.5, 0.6) is 0 Å². The number of aryl methyl sites for hydroxylation is 3. The highest BCUT2D eigenvalue weighted by Crippen LogP contribution is 2.30. The molecule has 8 nitrogen and oxygen atoms in total. The van der Waals surface area contributed by atoms with E-state index in [1.165, 1.54) is 22.4 Å². The van der Waals surface area contributed by atoms with Crippen molar-refractivity contribution in [3.63, 3.8) is 0 Å². The van der Waals surface area contributed by atoms with Gasteiger partial charge in [0, 0.05) is 56.4 Å². The van der Waals surface area contributed by atoms with E-state index in [2.05, 4.69) is 81.6 Å². The van der Waals surface area contributed by atoms with Crippen LogP contribution in [0.3, 0.4) is 0 Å². The standard InChI is InChI=1S/C26H32N8/c1-17-7-6-8-22(18(17)2)19(3)29-26-23-13-25(27-15-24(23)20(4)30-31-26)34-11-9-33(10-12-34)21-14-28-32(5)16-21/h6-8,13-16,19H,9-12H2,1-5H3,(H,29,31)/t19-/m1/s1. The summed E-state index contributed by atoms with van der Waals surface area (Å²) in [5, 5.41) is 19.0. The van der Waals surface area contributed by atoms with Gasteiger partial charge in [-0.3, -0.25) is 4.68 Å². The summed E-state index contributed by atoms with van der Waals surface area (Å²) >= 11 is 0. The zero-order chi connectivity index (χ0) is 23.8. The number of hydrogen-bond donors (Lipinski definition) is 1. The van der Waals surface area contributed by atoms with Gasteiger partial charge in [-0.2, -0.15) is 10.2 Å². The molecule has 0 bridgehead atoms. The van der Waals surface area contributed by atoms with Crippen LogP contribution in [0.4, 0.5) is 17.3 Å². The number of piperazine rings is 1. The minimum atomic E-state index is 0.111. The molecule has 34 heavy (non-hydrogen) atoms. The van der Waals surface area contributed by atoms with Crippen molar-refractivity contribution in [1.29, 1.82) is 0 Å². The van der Waals surface area contributed by atoms with Crippen molar-refractivity contribution in [2.75, 3.05) is 41.3 Å². The van der Waals surface area contributed by atoms with Crippen LogP contribution < -0.4 is 15.1 Å². The maximum Gasteiger partial charge on any atom is 0.157 e. The predicted molar refractivity (Wildman–Crippen MR) is 138 cm³/mol. The van der Waals surface area contributed by atoms with Gasteiger partial charge in [0.05, 0.1) is 23.6 Å². The Hall–Kier alpha value is -3.68. The molecule has 0 unspecified atom stereocenters. The molecule has 1 aromatic carbocycles. The maximum atomic E-state index is 4.79. The van der Waals surface area contributed by atoms with Gasteiger partial charge in [-0.25, -0.2) is 4.98 Å². The average molecular weight is 457 g/mol. The fraction of sp³-hybridized carbons (Fsp3) is 0.385. The SMILES string of the molecule is Cc1cccc([C@@H](C)Nc2nnc(C)c3cnc(N4CCN(c5cnn(C)c5)CC4)cc23)c1C. The van der Waals surface area contributed by atoms with Crippen LogP contribution in [0.25, 0.3) is 10.8 Å². The van der Waals surface area contributed by atoms with E-state index in [1.807, 2.05) is 31.0 Å². The monoisotopic (exact) mass is 456 g/mol. The summed E-state index contributed by atoms with van der Waals surface area (Å²) in [4.78, 5) is 9.51. The Morgan fingerprint density at radius 2 is 1.71 bits per heavy atom. The molecule has 1 N–H and O–H groups in total. The summed E-state index contributed by atoms with van der Waals surface area (Å²) in [7, 11) is 1.95. The molecular weight excluding hydrogens is 424 g/mol. The second-order valence-corrected chi connectivity index (χ2v) is 9.22. The van der Waals surface area contributed by atoms with Crippen molar-refractivity contribution in [2.24, 2.45) is 7.05 Å². The molecule has 1 fully saturated rings. The van der Waals surface area contributed by atoms with Crippen molar-refractivity contribution in [2.45, 2.75) is 33.7 Å². The van der Waals surface area contributed by atoms with Crippen molar-refractivity contribution >= 4 is 28.1 Å². The van der Waals surface area contributed by atoms with E-state index in [0.29, 0.717) is 0 Å². The Bertz CT molecular complexity index is 1320. The summed E-state index contributed by atoms with van der Waals surface area (Å²) < 4.78 is 1.85. The van der Waals surface area contributed by atoms with Crippen LogP contribution in [0.1, 0.15) is 35.3 Å². The van der Waals surface area contributed by atoms with Crippen LogP contribution >= 0.6 is 0 Å². The zero-order valence-corrected chi connectivity index (χ0v) is 20.6. The van der Waals surface area contributed by atoms with Gasteiger partial charge in [0.15, 0.2) is 5.82 Å². The normalized spacial score (nSPS) is 15.1. The third kappa shape index (κ3) is 4.16. The first-order chi connectivity index (χ1) is 16.4. The topological polar surface area (TPSA) is 75.0 Å². The number of hydrogen-bond acceptors (Lipinski definition) is 7. The van der Waals surface area contributed by atoms with Crippen molar-refractivity contribution in [3.8, 4) is 0 Å². The van der Waals surface area contributed by atoms with Gasteiger partial charge in [-0.05, 0) is 50.5 Å². The van der Waals surface area contributed by atoms with Crippen LogP contribution in [-0.2, 0) is 7.05 Å². The third-order valence-corrected chi connectivity index (χ3v) is 6.96. The molecule has 1 saturated heterocycles. The van der Waals surface area contributed by atoms with Crippen LogP contribution in [-0.4, -0.2) is 51.1 Å².